The number of amides is 3. The second-order valence-corrected chi connectivity index (χ2v) is 6.34. The number of carbonyl (C=O) groups is 2. The van der Waals surface area contributed by atoms with E-state index in [0.29, 0.717) is 17.9 Å². The van der Waals surface area contributed by atoms with Crippen molar-refractivity contribution in [3.63, 3.8) is 0 Å². The van der Waals surface area contributed by atoms with Crippen LogP contribution in [0.5, 0.6) is 5.75 Å². The minimum Gasteiger partial charge on any atom is -0.494 e. The molecule has 140 valence electrons. The Morgan fingerprint density at radius 3 is 2.48 bits per heavy atom. The molecule has 0 spiro atoms. The lowest BCUT2D eigenvalue weighted by Crippen LogP contribution is -2.46. The van der Waals surface area contributed by atoms with Crippen molar-refractivity contribution in [1.29, 1.82) is 0 Å². The third kappa shape index (κ3) is 4.11. The summed E-state index contributed by atoms with van der Waals surface area (Å²) in [5.41, 5.74) is 3.52. The highest BCUT2D eigenvalue weighted by molar-refractivity contribution is 6.07. The molecule has 1 unspecified atom stereocenters. The standard InChI is InChI=1S/C21H23N3O3/c1-4-27-16-11-9-15(10-12-16)19-18(14(3)22-21(26)24-19)20(25)23-17-8-6-5-7-13(17)2/h5-12,19H,4H2,1-3H3,(H,23,25)(H2,22,24,26). The molecule has 6 nitrogen and oxygen atoms in total. The molecular weight excluding hydrogens is 342 g/mol. The van der Waals surface area contributed by atoms with Crippen molar-refractivity contribution in [2.45, 2.75) is 26.8 Å². The summed E-state index contributed by atoms with van der Waals surface area (Å²) < 4.78 is 5.47. The summed E-state index contributed by atoms with van der Waals surface area (Å²) in [5, 5.41) is 8.47. The lowest BCUT2D eigenvalue weighted by molar-refractivity contribution is -0.113. The van der Waals surface area contributed by atoms with E-state index in [1.807, 2.05) is 62.4 Å². The molecule has 0 bridgehead atoms. The highest BCUT2D eigenvalue weighted by Gasteiger charge is 2.31. The Morgan fingerprint density at radius 2 is 1.81 bits per heavy atom. The molecule has 0 saturated carbocycles. The molecule has 1 aliphatic rings. The van der Waals surface area contributed by atoms with Crippen molar-refractivity contribution in [2.24, 2.45) is 0 Å². The fourth-order valence-corrected chi connectivity index (χ4v) is 3.07. The van der Waals surface area contributed by atoms with E-state index in [1.165, 1.54) is 0 Å². The number of aryl methyl sites for hydroxylation is 1. The van der Waals surface area contributed by atoms with Crippen LogP contribution in [-0.2, 0) is 4.79 Å². The second kappa shape index (κ2) is 7.95. The third-order valence-electron chi connectivity index (χ3n) is 4.43. The Bertz CT molecular complexity index is 888. The van der Waals surface area contributed by atoms with E-state index < -0.39 is 6.04 Å². The van der Waals surface area contributed by atoms with Gasteiger partial charge in [-0.15, -0.1) is 0 Å². The number of benzene rings is 2. The molecule has 2 aromatic rings. The van der Waals surface area contributed by atoms with E-state index in [9.17, 15) is 9.59 Å². The maximum atomic E-state index is 13.0. The van der Waals surface area contributed by atoms with Crippen molar-refractivity contribution in [3.8, 4) is 5.75 Å². The predicted octanol–water partition coefficient (Wildman–Crippen LogP) is 3.66. The van der Waals surface area contributed by atoms with E-state index in [1.54, 1.807) is 6.92 Å². The van der Waals surface area contributed by atoms with Crippen molar-refractivity contribution in [1.82, 2.24) is 10.6 Å². The van der Waals surface area contributed by atoms with Gasteiger partial charge in [0, 0.05) is 11.4 Å². The van der Waals surface area contributed by atoms with Gasteiger partial charge in [-0.2, -0.15) is 0 Å². The summed E-state index contributed by atoms with van der Waals surface area (Å²) in [6.07, 6.45) is 0. The van der Waals surface area contributed by atoms with Crippen LogP contribution in [0.15, 0.2) is 59.8 Å². The number of hydrogen-bond donors (Lipinski definition) is 3. The van der Waals surface area contributed by atoms with Gasteiger partial charge >= 0.3 is 6.03 Å². The van der Waals surface area contributed by atoms with Crippen LogP contribution in [0.3, 0.4) is 0 Å². The highest BCUT2D eigenvalue weighted by Crippen LogP contribution is 2.29. The minimum atomic E-state index is -0.543. The van der Waals surface area contributed by atoms with Gasteiger partial charge in [-0.05, 0) is 50.1 Å². The van der Waals surface area contributed by atoms with Crippen LogP contribution in [0.1, 0.15) is 31.0 Å². The largest absolute Gasteiger partial charge is 0.494 e. The number of ether oxygens (including phenoxy) is 1. The fraction of sp³-hybridized carbons (Fsp3) is 0.238. The van der Waals surface area contributed by atoms with Crippen LogP contribution in [-0.4, -0.2) is 18.5 Å². The van der Waals surface area contributed by atoms with E-state index in [4.69, 9.17) is 4.74 Å². The Hall–Kier alpha value is -3.28. The lowest BCUT2D eigenvalue weighted by Gasteiger charge is -2.29. The van der Waals surface area contributed by atoms with E-state index >= 15 is 0 Å². The maximum Gasteiger partial charge on any atom is 0.319 e. The minimum absolute atomic E-state index is 0.256. The monoisotopic (exact) mass is 365 g/mol. The first-order valence-electron chi connectivity index (χ1n) is 8.87. The molecule has 1 aliphatic heterocycles. The normalized spacial score (nSPS) is 16.4. The molecule has 3 rings (SSSR count). The van der Waals surface area contributed by atoms with Crippen LogP contribution in [0.2, 0.25) is 0 Å². The molecule has 0 radical (unpaired) electrons. The zero-order valence-corrected chi connectivity index (χ0v) is 15.6. The SMILES string of the molecule is CCOc1ccc(C2NC(=O)NC(C)=C2C(=O)Nc2ccccc2C)cc1. The van der Waals surface area contributed by atoms with Crippen LogP contribution < -0.4 is 20.7 Å². The number of nitrogens with one attached hydrogen (secondary N) is 3. The Morgan fingerprint density at radius 1 is 1.11 bits per heavy atom. The van der Waals surface area contributed by atoms with Gasteiger partial charge in [-0.3, -0.25) is 4.79 Å². The number of carbonyl (C=O) groups excluding carboxylic acids is 2. The van der Waals surface area contributed by atoms with Gasteiger partial charge in [0.25, 0.3) is 5.91 Å². The smallest absolute Gasteiger partial charge is 0.319 e. The lowest BCUT2D eigenvalue weighted by atomic mass is 9.94. The summed E-state index contributed by atoms with van der Waals surface area (Å²) >= 11 is 0. The topological polar surface area (TPSA) is 79.5 Å². The summed E-state index contributed by atoms with van der Waals surface area (Å²) in [6.45, 7) is 6.16. The average Bonchev–Trinajstić information content (AvgIpc) is 2.64. The van der Waals surface area contributed by atoms with Crippen molar-refractivity contribution >= 4 is 17.6 Å². The zero-order chi connectivity index (χ0) is 19.4. The Kier molecular flexibility index (Phi) is 5.45. The van der Waals surface area contributed by atoms with E-state index in [2.05, 4.69) is 16.0 Å². The van der Waals surface area contributed by atoms with Crippen LogP contribution in [0.25, 0.3) is 0 Å². The fourth-order valence-electron chi connectivity index (χ4n) is 3.07. The van der Waals surface area contributed by atoms with Gasteiger partial charge < -0.3 is 20.7 Å². The molecule has 0 aliphatic carbocycles. The molecule has 3 amide bonds. The number of urea groups is 1. The zero-order valence-electron chi connectivity index (χ0n) is 15.6. The molecule has 6 heteroatoms. The number of para-hydroxylation sites is 1. The average molecular weight is 365 g/mol. The number of anilines is 1. The number of rotatable bonds is 5. The third-order valence-corrected chi connectivity index (χ3v) is 4.43. The summed E-state index contributed by atoms with van der Waals surface area (Å²) in [5.74, 6) is 0.487. The summed E-state index contributed by atoms with van der Waals surface area (Å²) in [4.78, 5) is 25.0. The van der Waals surface area contributed by atoms with Gasteiger partial charge in [0.1, 0.15) is 5.75 Å². The van der Waals surface area contributed by atoms with Gasteiger partial charge in [0.2, 0.25) is 0 Å². The molecular formula is C21H23N3O3. The van der Waals surface area contributed by atoms with Crippen molar-refractivity contribution < 1.29 is 14.3 Å². The van der Waals surface area contributed by atoms with Gasteiger partial charge in [0.05, 0.1) is 18.2 Å². The van der Waals surface area contributed by atoms with Crippen LogP contribution >= 0.6 is 0 Å². The van der Waals surface area contributed by atoms with Crippen molar-refractivity contribution in [2.75, 3.05) is 11.9 Å². The quantitative estimate of drug-likeness (QED) is 0.756. The molecule has 0 aromatic heterocycles. The van der Waals surface area contributed by atoms with E-state index in [-0.39, 0.29) is 11.9 Å². The molecule has 2 aromatic carbocycles. The van der Waals surface area contributed by atoms with E-state index in [0.717, 1.165) is 22.6 Å². The first kappa shape index (κ1) is 18.5. The van der Waals surface area contributed by atoms with Gasteiger partial charge in [0.15, 0.2) is 0 Å². The maximum absolute atomic E-state index is 13.0. The Balaban J connectivity index is 1.91. The number of allylic oxidation sites excluding steroid dienone is 1. The molecule has 0 fully saturated rings. The molecule has 27 heavy (non-hydrogen) atoms. The summed E-state index contributed by atoms with van der Waals surface area (Å²) in [7, 11) is 0. The second-order valence-electron chi connectivity index (χ2n) is 6.34. The predicted molar refractivity (Wildman–Crippen MR) is 105 cm³/mol. The highest BCUT2D eigenvalue weighted by atomic mass is 16.5. The molecule has 3 N–H and O–H groups in total. The Labute approximate surface area is 158 Å². The van der Waals surface area contributed by atoms with Gasteiger partial charge in [-0.1, -0.05) is 30.3 Å². The van der Waals surface area contributed by atoms with Crippen molar-refractivity contribution in [3.05, 3.63) is 70.9 Å². The first-order valence-corrected chi connectivity index (χ1v) is 8.87. The summed E-state index contributed by atoms with van der Waals surface area (Å²) in [6, 6.07) is 14.1. The number of hydrogen-bond acceptors (Lipinski definition) is 3. The van der Waals surface area contributed by atoms with Crippen LogP contribution in [0.4, 0.5) is 10.5 Å². The van der Waals surface area contributed by atoms with Gasteiger partial charge in [-0.25, -0.2) is 4.79 Å². The first-order chi connectivity index (χ1) is 13.0. The molecule has 1 atom stereocenters. The molecule has 1 heterocycles. The van der Waals surface area contributed by atoms with Crippen LogP contribution in [0, 0.1) is 6.92 Å². The molecule has 0 saturated heterocycles.